The fraction of sp³-hybridized carbons (Fsp3) is 0.250. The van der Waals surface area contributed by atoms with E-state index in [4.69, 9.17) is 10.5 Å². The Balaban J connectivity index is 2.27. The number of nitrogens with two attached hydrogens (primary N) is 1. The van der Waals surface area contributed by atoms with Crippen molar-refractivity contribution in [3.8, 4) is 11.8 Å². The van der Waals surface area contributed by atoms with Crippen molar-refractivity contribution in [2.24, 2.45) is 0 Å². The third-order valence-corrected chi connectivity index (χ3v) is 2.33. The number of benzene rings is 1. The first-order valence-electron chi connectivity index (χ1n) is 5.34. The second-order valence-electron chi connectivity index (χ2n) is 3.99. The molecule has 0 unspecified atom stereocenters. The van der Waals surface area contributed by atoms with Gasteiger partial charge in [0, 0.05) is 6.04 Å². The molecule has 4 nitrogen and oxygen atoms in total. The number of anilines is 1. The lowest BCUT2D eigenvalue weighted by Gasteiger charge is -2.13. The van der Waals surface area contributed by atoms with E-state index in [0.717, 1.165) is 0 Å². The van der Waals surface area contributed by atoms with Crippen LogP contribution >= 0.6 is 0 Å². The Labute approximate surface area is 98.8 Å². The second kappa shape index (κ2) is 4.45. The van der Waals surface area contributed by atoms with Gasteiger partial charge in [0.05, 0.1) is 6.20 Å². The van der Waals surface area contributed by atoms with E-state index < -0.39 is 0 Å². The van der Waals surface area contributed by atoms with E-state index in [1.807, 2.05) is 13.8 Å². The van der Waals surface area contributed by atoms with Crippen molar-refractivity contribution in [3.05, 3.63) is 36.3 Å². The summed E-state index contributed by atoms with van der Waals surface area (Å²) in [5, 5.41) is 0. The Kier molecular flexibility index (Phi) is 2.99. The zero-order valence-corrected chi connectivity index (χ0v) is 9.72. The number of nitrogen functional groups attached to an aromatic ring is 1. The first kappa shape index (κ1) is 11.4. The molecule has 0 atom stereocenters. The Hall–Kier alpha value is -2.04. The second-order valence-corrected chi connectivity index (χ2v) is 3.99. The standard InChI is InChI=1S/C12H14FN3O/c1-8(2)16-11(14)7-15-12(16)17-10-5-3-9(13)4-6-10/h3-8H,14H2,1-2H3. The molecule has 0 amide bonds. The zero-order chi connectivity index (χ0) is 12.4. The molecule has 0 aliphatic carbocycles. The van der Waals surface area contributed by atoms with Crippen LogP contribution in [0.5, 0.6) is 11.8 Å². The molecule has 1 aromatic heterocycles. The highest BCUT2D eigenvalue weighted by molar-refractivity contribution is 5.33. The predicted molar refractivity (Wildman–Crippen MR) is 63.5 cm³/mol. The summed E-state index contributed by atoms with van der Waals surface area (Å²) in [6.45, 7) is 3.96. The summed E-state index contributed by atoms with van der Waals surface area (Å²) in [5.41, 5.74) is 5.78. The van der Waals surface area contributed by atoms with Gasteiger partial charge in [-0.1, -0.05) is 0 Å². The number of hydrogen-bond donors (Lipinski definition) is 1. The van der Waals surface area contributed by atoms with Gasteiger partial charge in [-0.05, 0) is 38.1 Å². The van der Waals surface area contributed by atoms with E-state index in [1.54, 1.807) is 22.9 Å². The molecule has 1 aromatic carbocycles. The third-order valence-electron chi connectivity index (χ3n) is 2.33. The van der Waals surface area contributed by atoms with Gasteiger partial charge in [-0.2, -0.15) is 0 Å². The van der Waals surface area contributed by atoms with E-state index >= 15 is 0 Å². The van der Waals surface area contributed by atoms with Gasteiger partial charge in [-0.25, -0.2) is 9.37 Å². The normalized spacial score (nSPS) is 10.8. The van der Waals surface area contributed by atoms with Crippen molar-refractivity contribution in [1.29, 1.82) is 0 Å². The quantitative estimate of drug-likeness (QED) is 0.889. The summed E-state index contributed by atoms with van der Waals surface area (Å²) < 4.78 is 20.1. The van der Waals surface area contributed by atoms with Gasteiger partial charge in [0.25, 0.3) is 0 Å². The minimum absolute atomic E-state index is 0.146. The fourth-order valence-corrected chi connectivity index (χ4v) is 1.56. The number of halogens is 1. The van der Waals surface area contributed by atoms with E-state index in [-0.39, 0.29) is 11.9 Å². The summed E-state index contributed by atoms with van der Waals surface area (Å²) in [6, 6.07) is 6.32. The zero-order valence-electron chi connectivity index (χ0n) is 9.72. The van der Waals surface area contributed by atoms with Crippen molar-refractivity contribution in [2.45, 2.75) is 19.9 Å². The number of nitrogens with zero attached hydrogens (tertiary/aromatic N) is 2. The summed E-state index contributed by atoms with van der Waals surface area (Å²) in [7, 11) is 0. The van der Waals surface area contributed by atoms with Crippen LogP contribution in [0.15, 0.2) is 30.5 Å². The Bertz CT molecular complexity index is 505. The molecule has 0 aliphatic heterocycles. The molecule has 5 heteroatoms. The maximum Gasteiger partial charge on any atom is 0.303 e. The SMILES string of the molecule is CC(C)n1c(N)cnc1Oc1ccc(F)cc1. The summed E-state index contributed by atoms with van der Waals surface area (Å²) in [4.78, 5) is 4.08. The van der Waals surface area contributed by atoms with Crippen LogP contribution in [0.25, 0.3) is 0 Å². The molecule has 17 heavy (non-hydrogen) atoms. The molecule has 0 saturated heterocycles. The lowest BCUT2D eigenvalue weighted by Crippen LogP contribution is -2.06. The topological polar surface area (TPSA) is 53.1 Å². The molecule has 0 radical (unpaired) electrons. The number of hydrogen-bond acceptors (Lipinski definition) is 3. The van der Waals surface area contributed by atoms with E-state index in [1.165, 1.54) is 12.1 Å². The van der Waals surface area contributed by atoms with Gasteiger partial charge in [-0.3, -0.25) is 4.57 Å². The highest BCUT2D eigenvalue weighted by Crippen LogP contribution is 2.26. The molecule has 2 N–H and O–H groups in total. The predicted octanol–water partition coefficient (Wildman–Crippen LogP) is 2.98. The van der Waals surface area contributed by atoms with Gasteiger partial charge < -0.3 is 10.5 Å². The molecule has 0 saturated carbocycles. The van der Waals surface area contributed by atoms with Crippen molar-refractivity contribution >= 4 is 5.82 Å². The summed E-state index contributed by atoms with van der Waals surface area (Å²) in [6.07, 6.45) is 1.54. The van der Waals surface area contributed by atoms with Gasteiger partial charge in [0.15, 0.2) is 0 Å². The van der Waals surface area contributed by atoms with Crippen LogP contribution in [0.4, 0.5) is 10.2 Å². The fourth-order valence-electron chi connectivity index (χ4n) is 1.56. The lowest BCUT2D eigenvalue weighted by molar-refractivity contribution is 0.397. The van der Waals surface area contributed by atoms with Crippen LogP contribution in [-0.2, 0) is 0 Å². The van der Waals surface area contributed by atoms with Gasteiger partial charge in [-0.15, -0.1) is 0 Å². The van der Waals surface area contributed by atoms with Crippen molar-refractivity contribution in [2.75, 3.05) is 5.73 Å². The highest BCUT2D eigenvalue weighted by Gasteiger charge is 2.12. The molecule has 0 bridgehead atoms. The van der Waals surface area contributed by atoms with Gasteiger partial charge >= 0.3 is 6.01 Å². The van der Waals surface area contributed by atoms with Crippen LogP contribution in [0, 0.1) is 5.82 Å². The third kappa shape index (κ3) is 2.38. The van der Waals surface area contributed by atoms with Crippen LogP contribution in [0.3, 0.4) is 0 Å². The molecule has 0 aliphatic rings. The maximum atomic E-state index is 12.7. The van der Waals surface area contributed by atoms with E-state index in [2.05, 4.69) is 4.98 Å². The van der Waals surface area contributed by atoms with Crippen molar-refractivity contribution in [3.63, 3.8) is 0 Å². The average Bonchev–Trinajstić information content (AvgIpc) is 2.63. The van der Waals surface area contributed by atoms with Crippen LogP contribution < -0.4 is 10.5 Å². The lowest BCUT2D eigenvalue weighted by atomic mass is 10.3. The summed E-state index contributed by atoms with van der Waals surface area (Å²) >= 11 is 0. The first-order chi connectivity index (χ1) is 8.08. The van der Waals surface area contributed by atoms with Crippen molar-refractivity contribution in [1.82, 2.24) is 9.55 Å². The van der Waals surface area contributed by atoms with Gasteiger partial charge in [0.1, 0.15) is 17.4 Å². The molecule has 0 spiro atoms. The average molecular weight is 235 g/mol. The first-order valence-corrected chi connectivity index (χ1v) is 5.34. The smallest absolute Gasteiger partial charge is 0.303 e. The minimum atomic E-state index is -0.302. The Morgan fingerprint density at radius 1 is 1.29 bits per heavy atom. The highest BCUT2D eigenvalue weighted by atomic mass is 19.1. The Morgan fingerprint density at radius 3 is 2.53 bits per heavy atom. The minimum Gasteiger partial charge on any atom is -0.425 e. The van der Waals surface area contributed by atoms with Crippen LogP contribution in [0.2, 0.25) is 0 Å². The maximum absolute atomic E-state index is 12.7. The van der Waals surface area contributed by atoms with E-state index in [0.29, 0.717) is 17.6 Å². The van der Waals surface area contributed by atoms with Gasteiger partial charge in [0.2, 0.25) is 0 Å². The molecular formula is C12H14FN3O. The van der Waals surface area contributed by atoms with E-state index in [9.17, 15) is 4.39 Å². The number of imidazole rings is 1. The number of rotatable bonds is 3. The number of aromatic nitrogens is 2. The van der Waals surface area contributed by atoms with Crippen LogP contribution in [0.1, 0.15) is 19.9 Å². The molecule has 90 valence electrons. The number of ether oxygens (including phenoxy) is 1. The largest absolute Gasteiger partial charge is 0.425 e. The van der Waals surface area contributed by atoms with Crippen LogP contribution in [-0.4, -0.2) is 9.55 Å². The molecule has 2 rings (SSSR count). The summed E-state index contributed by atoms with van der Waals surface area (Å²) in [5.74, 6) is 0.764. The van der Waals surface area contributed by atoms with Crippen molar-refractivity contribution < 1.29 is 9.13 Å². The molecule has 2 aromatic rings. The Morgan fingerprint density at radius 2 is 1.94 bits per heavy atom. The molecule has 0 fully saturated rings. The monoisotopic (exact) mass is 235 g/mol. The molecular weight excluding hydrogens is 221 g/mol. The molecule has 1 heterocycles.